The summed E-state index contributed by atoms with van der Waals surface area (Å²) in [4.78, 5) is 14.8. The van der Waals surface area contributed by atoms with Gasteiger partial charge in [-0.2, -0.15) is 0 Å². The third-order valence-corrected chi connectivity index (χ3v) is 7.79. The molecule has 3 aliphatic rings. The number of carbonyl (C=O) groups excluding carboxylic acids is 1. The number of benzene rings is 1. The second-order valence-corrected chi connectivity index (χ2v) is 10.8. The topological polar surface area (TPSA) is 93.3 Å². The molecule has 1 aromatic carbocycles. The summed E-state index contributed by atoms with van der Waals surface area (Å²) < 4.78 is 29.7. The van der Waals surface area contributed by atoms with Gasteiger partial charge in [0.15, 0.2) is 0 Å². The van der Waals surface area contributed by atoms with E-state index < -0.39 is 11.6 Å². The molecule has 4 rings (SSSR count). The molecule has 1 saturated carbocycles. The third kappa shape index (κ3) is 6.62. The lowest BCUT2D eigenvalue weighted by molar-refractivity contribution is -0.166. The van der Waals surface area contributed by atoms with Gasteiger partial charge in [-0.05, 0) is 71.0 Å². The van der Waals surface area contributed by atoms with Gasteiger partial charge in [0, 0.05) is 19.7 Å². The zero-order valence-electron chi connectivity index (χ0n) is 22.6. The van der Waals surface area contributed by atoms with Gasteiger partial charge in [0.2, 0.25) is 0 Å². The smallest absolute Gasteiger partial charge is 0.331 e. The van der Waals surface area contributed by atoms with Gasteiger partial charge in [-0.25, -0.2) is 4.79 Å². The number of hydrogen-bond acceptors (Lipinski definition) is 8. The molecule has 6 atom stereocenters. The highest BCUT2D eigenvalue weighted by Gasteiger charge is 2.72. The molecule has 8 nitrogen and oxygen atoms in total. The number of carbonyl (C=O) groups is 1. The van der Waals surface area contributed by atoms with Crippen LogP contribution in [0.5, 0.6) is 5.75 Å². The van der Waals surface area contributed by atoms with Gasteiger partial charge in [0.25, 0.3) is 0 Å². The number of ether oxygens (including phenoxy) is 5. The van der Waals surface area contributed by atoms with Gasteiger partial charge in [0.05, 0.1) is 25.2 Å². The Bertz CT molecular complexity index is 984. The molecule has 1 aromatic rings. The summed E-state index contributed by atoms with van der Waals surface area (Å²) in [6.45, 7) is 6.18. The van der Waals surface area contributed by atoms with E-state index in [2.05, 4.69) is 11.8 Å². The van der Waals surface area contributed by atoms with E-state index in [4.69, 9.17) is 23.7 Å². The van der Waals surface area contributed by atoms with Crippen molar-refractivity contribution in [1.82, 2.24) is 4.90 Å². The maximum Gasteiger partial charge on any atom is 0.331 e. The number of hydrogen-bond donors (Lipinski definition) is 1. The summed E-state index contributed by atoms with van der Waals surface area (Å²) in [7, 11) is 5.67. The maximum absolute atomic E-state index is 12.8. The Hall–Kier alpha value is -2.23. The lowest BCUT2D eigenvalue weighted by Gasteiger charge is -2.42. The molecule has 3 fully saturated rings. The first-order valence-electron chi connectivity index (χ1n) is 13.1. The van der Waals surface area contributed by atoms with Crippen LogP contribution in [0.2, 0.25) is 0 Å². The summed E-state index contributed by atoms with van der Waals surface area (Å²) in [6.07, 6.45) is 6.73. The van der Waals surface area contributed by atoms with E-state index in [1.54, 1.807) is 13.2 Å². The van der Waals surface area contributed by atoms with Crippen LogP contribution >= 0.6 is 0 Å². The quantitative estimate of drug-likeness (QED) is 0.196. The number of rotatable bonds is 12. The van der Waals surface area contributed by atoms with E-state index >= 15 is 0 Å². The Morgan fingerprint density at radius 3 is 2.62 bits per heavy atom. The molecular weight excluding hydrogens is 474 g/mol. The fourth-order valence-electron chi connectivity index (χ4n) is 5.47. The van der Waals surface area contributed by atoms with Crippen LogP contribution < -0.4 is 4.74 Å². The molecule has 2 heterocycles. The number of likely N-dealkylation sites (N-methyl/N-ethyl adjacent to an activating group) is 1. The van der Waals surface area contributed by atoms with Crippen LogP contribution in [0, 0.1) is 5.92 Å². The Kier molecular flexibility index (Phi) is 8.76. The summed E-state index contributed by atoms with van der Waals surface area (Å²) in [5.41, 5.74) is 1.10. The lowest BCUT2D eigenvalue weighted by Crippen LogP contribution is -2.55. The number of aliphatic hydroxyl groups excluding tert-OH is 1. The van der Waals surface area contributed by atoms with Crippen molar-refractivity contribution in [3.05, 3.63) is 47.6 Å². The molecule has 204 valence electrons. The molecule has 2 aliphatic heterocycles. The average molecular weight is 516 g/mol. The van der Waals surface area contributed by atoms with Gasteiger partial charge in [-0.1, -0.05) is 23.8 Å². The van der Waals surface area contributed by atoms with Crippen molar-refractivity contribution in [2.75, 3.05) is 47.6 Å². The van der Waals surface area contributed by atoms with Crippen molar-refractivity contribution in [1.29, 1.82) is 0 Å². The molecule has 0 radical (unpaired) electrons. The highest BCUT2D eigenvalue weighted by Crippen LogP contribution is 2.59. The lowest BCUT2D eigenvalue weighted by atomic mass is 9.68. The van der Waals surface area contributed by atoms with E-state index in [9.17, 15) is 9.90 Å². The van der Waals surface area contributed by atoms with Crippen molar-refractivity contribution >= 4 is 12.0 Å². The molecule has 1 spiro atoms. The van der Waals surface area contributed by atoms with Crippen LogP contribution in [-0.4, -0.2) is 93.1 Å². The fraction of sp³-hybridized carbons (Fsp3) is 0.621. The largest absolute Gasteiger partial charge is 0.492 e. The second-order valence-electron chi connectivity index (χ2n) is 10.8. The minimum absolute atomic E-state index is 0.0157. The number of methoxy groups -OCH3 is 1. The molecule has 1 aliphatic carbocycles. The number of epoxide rings is 2. The van der Waals surface area contributed by atoms with E-state index in [0.29, 0.717) is 19.6 Å². The summed E-state index contributed by atoms with van der Waals surface area (Å²) >= 11 is 0. The van der Waals surface area contributed by atoms with Crippen LogP contribution in [0.1, 0.15) is 38.7 Å². The van der Waals surface area contributed by atoms with Crippen molar-refractivity contribution in [3.8, 4) is 5.75 Å². The highest BCUT2D eigenvalue weighted by molar-refractivity contribution is 5.87. The monoisotopic (exact) mass is 515 g/mol. The summed E-state index contributed by atoms with van der Waals surface area (Å²) in [6, 6.07) is 7.62. The highest BCUT2D eigenvalue weighted by atomic mass is 16.6. The second kappa shape index (κ2) is 11.7. The van der Waals surface area contributed by atoms with Crippen molar-refractivity contribution in [2.24, 2.45) is 5.92 Å². The molecule has 2 saturated heterocycles. The molecular formula is C29H41NO7. The molecule has 2 unspecified atom stereocenters. The summed E-state index contributed by atoms with van der Waals surface area (Å²) in [5.74, 6) is 0.350. The third-order valence-electron chi connectivity index (χ3n) is 7.79. The van der Waals surface area contributed by atoms with Crippen LogP contribution in [0.15, 0.2) is 42.0 Å². The molecule has 37 heavy (non-hydrogen) atoms. The minimum Gasteiger partial charge on any atom is -0.492 e. The SMILES string of the molecule is CO[C@H]1[C@H](C2(C)OC2C/C=C(/C)CO)[C@]2(CC[C@H]1OC(=O)/C=C/c1ccc(OCCN(C)C)cc1)CO2. The number of nitrogens with zero attached hydrogens (tertiary/aromatic N) is 1. The first kappa shape index (κ1) is 27.8. The van der Waals surface area contributed by atoms with Crippen LogP contribution in [0.25, 0.3) is 6.08 Å². The zero-order valence-corrected chi connectivity index (χ0v) is 22.6. The molecule has 0 bridgehead atoms. The first-order valence-corrected chi connectivity index (χ1v) is 13.1. The molecule has 8 heteroatoms. The summed E-state index contributed by atoms with van der Waals surface area (Å²) in [5, 5.41) is 9.30. The van der Waals surface area contributed by atoms with Crippen molar-refractivity contribution in [2.45, 2.75) is 62.6 Å². The van der Waals surface area contributed by atoms with E-state index in [0.717, 1.165) is 36.3 Å². The Labute approximate surface area is 220 Å². The molecule has 0 aromatic heterocycles. The molecule has 1 N–H and O–H groups in total. The first-order chi connectivity index (χ1) is 17.7. The Morgan fingerprint density at radius 1 is 1.27 bits per heavy atom. The Morgan fingerprint density at radius 2 is 2.00 bits per heavy atom. The number of aliphatic hydroxyl groups is 1. The van der Waals surface area contributed by atoms with Gasteiger partial charge in [-0.15, -0.1) is 0 Å². The number of esters is 1. The van der Waals surface area contributed by atoms with E-state index in [-0.39, 0.29) is 36.4 Å². The Balaban J connectivity index is 1.36. The average Bonchev–Trinajstić information content (AvgIpc) is 3.79. The predicted molar refractivity (Wildman–Crippen MR) is 140 cm³/mol. The van der Waals surface area contributed by atoms with E-state index in [1.165, 1.54) is 6.08 Å². The minimum atomic E-state index is -0.430. The zero-order chi connectivity index (χ0) is 26.6. The normalized spacial score (nSPS) is 33.2. The van der Waals surface area contributed by atoms with Crippen molar-refractivity contribution in [3.63, 3.8) is 0 Å². The van der Waals surface area contributed by atoms with Crippen molar-refractivity contribution < 1.29 is 33.6 Å². The van der Waals surface area contributed by atoms with Gasteiger partial charge >= 0.3 is 5.97 Å². The van der Waals surface area contributed by atoms with Crippen LogP contribution in [-0.2, 0) is 23.7 Å². The van der Waals surface area contributed by atoms with Gasteiger partial charge in [0.1, 0.15) is 35.8 Å². The van der Waals surface area contributed by atoms with Gasteiger partial charge < -0.3 is 33.7 Å². The van der Waals surface area contributed by atoms with Crippen LogP contribution in [0.3, 0.4) is 0 Å². The predicted octanol–water partition coefficient (Wildman–Crippen LogP) is 3.23. The molecule has 0 amide bonds. The maximum atomic E-state index is 12.8. The fourth-order valence-corrected chi connectivity index (χ4v) is 5.47. The standard InChI is InChI=1S/C29H41NO7/c1-20(18-31)6-12-24-28(2,37-24)27-26(33-5)23(14-15-29(27)19-35-29)36-25(32)13-9-21-7-10-22(11-8-21)34-17-16-30(3)4/h6-11,13,23-24,26-27,31H,12,14-19H2,1-5H3/b13-9+,20-6-/t23-,24?,26-,27-,28?,29+/m1/s1. The van der Waals surface area contributed by atoms with Crippen LogP contribution in [0.4, 0.5) is 0 Å². The van der Waals surface area contributed by atoms with E-state index in [1.807, 2.05) is 51.4 Å². The van der Waals surface area contributed by atoms with Gasteiger partial charge in [-0.3, -0.25) is 0 Å².